The van der Waals surface area contributed by atoms with Crippen molar-refractivity contribution >= 4 is 72.1 Å². The maximum absolute atomic E-state index is 9.81. The van der Waals surface area contributed by atoms with Gasteiger partial charge in [-0.2, -0.15) is 5.26 Å². The molecular formula is C56H50N4. The highest BCUT2D eigenvalue weighted by atomic mass is 15.2. The van der Waals surface area contributed by atoms with Gasteiger partial charge in [0.2, 0.25) is 0 Å². The summed E-state index contributed by atoms with van der Waals surface area (Å²) in [4.78, 5) is 8.66. The van der Waals surface area contributed by atoms with Crippen molar-refractivity contribution in [2.24, 2.45) is 0 Å². The summed E-state index contributed by atoms with van der Waals surface area (Å²) in [6, 6.07) is 47.1. The van der Waals surface area contributed by atoms with Gasteiger partial charge in [-0.1, -0.05) is 74.2 Å². The summed E-state index contributed by atoms with van der Waals surface area (Å²) < 4.78 is 0. The van der Waals surface area contributed by atoms with Crippen LogP contribution in [0.1, 0.15) is 102 Å². The molecule has 0 saturated heterocycles. The highest BCUT2D eigenvalue weighted by Gasteiger charge is 2.30. The molecule has 0 atom stereocenters. The van der Waals surface area contributed by atoms with Crippen LogP contribution in [0.5, 0.6) is 0 Å². The maximum atomic E-state index is 9.81. The van der Waals surface area contributed by atoms with Gasteiger partial charge in [0, 0.05) is 33.5 Å². The van der Waals surface area contributed by atoms with Crippen LogP contribution >= 0.6 is 0 Å². The van der Waals surface area contributed by atoms with Crippen LogP contribution < -0.4 is 9.80 Å². The van der Waals surface area contributed by atoms with E-state index in [2.05, 4.69) is 145 Å². The summed E-state index contributed by atoms with van der Waals surface area (Å²) >= 11 is 0. The number of nitrogens with zero attached hydrogens (tertiary/aromatic N) is 4. The first kappa shape index (κ1) is 37.6. The van der Waals surface area contributed by atoms with Gasteiger partial charge in [0.1, 0.15) is 0 Å². The minimum atomic E-state index is 0.483. The van der Waals surface area contributed by atoms with E-state index in [-0.39, 0.29) is 0 Å². The minimum Gasteiger partial charge on any atom is -0.310 e. The lowest BCUT2D eigenvalue weighted by molar-refractivity contribution is 0.729. The molecule has 0 spiro atoms. The van der Waals surface area contributed by atoms with E-state index >= 15 is 0 Å². The number of anilines is 6. The number of benzene rings is 8. The second-order valence-corrected chi connectivity index (χ2v) is 17.7. The van der Waals surface area contributed by atoms with E-state index in [0.717, 1.165) is 22.7 Å². The minimum absolute atomic E-state index is 0.483. The molecule has 60 heavy (non-hydrogen) atoms. The molecule has 2 aliphatic rings. The smallest absolute Gasteiger partial charge is 0.187 e. The summed E-state index contributed by atoms with van der Waals surface area (Å²) in [5.41, 5.74) is 15.8. The van der Waals surface area contributed by atoms with Gasteiger partial charge in [-0.05, 0) is 193 Å². The van der Waals surface area contributed by atoms with Crippen molar-refractivity contribution in [1.82, 2.24) is 0 Å². The average molecular weight is 779 g/mol. The molecule has 0 amide bonds. The lowest BCUT2D eigenvalue weighted by atomic mass is 9.82. The Morgan fingerprint density at radius 2 is 0.867 bits per heavy atom. The molecule has 0 radical (unpaired) electrons. The zero-order chi connectivity index (χ0) is 41.1. The molecule has 0 bridgehead atoms. The molecule has 8 aromatic rings. The van der Waals surface area contributed by atoms with Crippen molar-refractivity contribution in [3.63, 3.8) is 0 Å². The quantitative estimate of drug-likeness (QED) is 0.114. The third-order valence-electron chi connectivity index (χ3n) is 13.4. The highest BCUT2D eigenvalue weighted by Crippen LogP contribution is 2.53. The van der Waals surface area contributed by atoms with Crippen LogP contribution in [0.3, 0.4) is 0 Å². The second-order valence-electron chi connectivity index (χ2n) is 17.7. The number of rotatable bonds is 8. The number of nitriles is 1. The summed E-state index contributed by atoms with van der Waals surface area (Å²) in [5, 5.41) is 17.7. The Morgan fingerprint density at radius 3 is 1.25 bits per heavy atom. The molecule has 0 aliphatic heterocycles. The van der Waals surface area contributed by atoms with Crippen LogP contribution in [-0.4, -0.2) is 0 Å². The Kier molecular flexibility index (Phi) is 9.53. The Bertz CT molecular complexity index is 2760. The number of hydrogen-bond acceptors (Lipinski definition) is 3. The Morgan fingerprint density at radius 1 is 0.483 bits per heavy atom. The van der Waals surface area contributed by atoms with Crippen molar-refractivity contribution < 1.29 is 0 Å². The molecule has 0 heterocycles. The molecule has 0 N–H and O–H groups in total. The lowest BCUT2D eigenvalue weighted by Gasteiger charge is -2.32. The Labute approximate surface area is 354 Å². The molecule has 10 rings (SSSR count). The fourth-order valence-corrected chi connectivity index (χ4v) is 10.9. The van der Waals surface area contributed by atoms with Gasteiger partial charge in [0.15, 0.2) is 5.69 Å². The molecule has 0 unspecified atom stereocenters. The zero-order valence-electron chi connectivity index (χ0n) is 35.1. The average Bonchev–Trinajstić information content (AvgIpc) is 4.00. The fraction of sp³-hybridized carbons (Fsp3) is 0.250. The zero-order valence-corrected chi connectivity index (χ0v) is 35.1. The predicted octanol–water partition coefficient (Wildman–Crippen LogP) is 16.5. The van der Waals surface area contributed by atoms with Crippen molar-refractivity contribution in [3.05, 3.63) is 172 Å². The summed E-state index contributed by atoms with van der Waals surface area (Å²) in [6.07, 6.45) is 9.82. The third-order valence-corrected chi connectivity index (χ3v) is 13.4. The standard InChI is InChI=1S/C56H50N4/c1-35-26-36(2)29-45(28-35)59(43-18-14-39(34-57)15-19-43)53-32-51(40-10-6-7-11-40)47-23-25-50-54(33-52(41-12-8-9-13-41)48-22-24-49(53)55(47)56(48)50)60(44-20-16-42(58-5)17-21-44)46-30-37(3)27-38(4)31-46/h14-33,40-41H,6-13H2,1-4H3. The van der Waals surface area contributed by atoms with Gasteiger partial charge in [0.05, 0.1) is 29.6 Å². The first-order chi connectivity index (χ1) is 29.3. The van der Waals surface area contributed by atoms with Crippen molar-refractivity contribution in [1.29, 1.82) is 5.26 Å². The van der Waals surface area contributed by atoms with E-state index in [9.17, 15) is 5.26 Å². The molecular weight excluding hydrogens is 729 g/mol. The first-order valence-electron chi connectivity index (χ1n) is 21.8. The van der Waals surface area contributed by atoms with Crippen LogP contribution in [0.25, 0.3) is 37.2 Å². The molecule has 2 aliphatic carbocycles. The van der Waals surface area contributed by atoms with Crippen LogP contribution in [0.15, 0.2) is 121 Å². The van der Waals surface area contributed by atoms with Crippen molar-refractivity contribution in [3.8, 4) is 6.07 Å². The van der Waals surface area contributed by atoms with Crippen LogP contribution in [-0.2, 0) is 0 Å². The van der Waals surface area contributed by atoms with Gasteiger partial charge >= 0.3 is 0 Å². The summed E-state index contributed by atoms with van der Waals surface area (Å²) in [7, 11) is 0. The first-order valence-corrected chi connectivity index (χ1v) is 21.8. The molecule has 2 saturated carbocycles. The van der Waals surface area contributed by atoms with Crippen LogP contribution in [0.2, 0.25) is 0 Å². The van der Waals surface area contributed by atoms with E-state index in [0.29, 0.717) is 23.1 Å². The Hall–Kier alpha value is -6.62. The highest BCUT2D eigenvalue weighted by molar-refractivity contribution is 6.29. The molecule has 294 valence electrons. The van der Waals surface area contributed by atoms with E-state index in [1.807, 2.05) is 24.3 Å². The Balaban J connectivity index is 1.34. The number of aryl methyl sites for hydroxylation is 4. The van der Waals surface area contributed by atoms with Gasteiger partial charge in [0.25, 0.3) is 0 Å². The molecule has 8 aromatic carbocycles. The van der Waals surface area contributed by atoms with Crippen LogP contribution in [0, 0.1) is 45.6 Å². The fourth-order valence-electron chi connectivity index (χ4n) is 10.9. The van der Waals surface area contributed by atoms with Crippen molar-refractivity contribution in [2.45, 2.75) is 90.9 Å². The van der Waals surface area contributed by atoms with Gasteiger partial charge in [-0.15, -0.1) is 0 Å². The summed E-state index contributed by atoms with van der Waals surface area (Å²) in [5.74, 6) is 0.968. The van der Waals surface area contributed by atoms with Crippen molar-refractivity contribution in [2.75, 3.05) is 9.80 Å². The molecule has 2 fully saturated rings. The van der Waals surface area contributed by atoms with E-state index in [1.54, 1.807) is 0 Å². The van der Waals surface area contributed by atoms with E-state index < -0.39 is 0 Å². The predicted molar refractivity (Wildman–Crippen MR) is 252 cm³/mol. The number of hydrogen-bond donors (Lipinski definition) is 0. The lowest BCUT2D eigenvalue weighted by Crippen LogP contribution is -2.13. The SMILES string of the molecule is [C-]#[N+]c1ccc(N(c2cc(C)cc(C)c2)c2cc(C3CCCC3)c3ccc4c(N(c5ccc(C#N)cc5)c5cc(C)cc(C)c5)cc(C5CCCC5)c5ccc2c3c54)cc1. The largest absolute Gasteiger partial charge is 0.310 e. The third kappa shape index (κ3) is 6.52. The van der Waals surface area contributed by atoms with Gasteiger partial charge < -0.3 is 9.80 Å². The molecule has 0 aromatic heterocycles. The van der Waals surface area contributed by atoms with Gasteiger partial charge in [-0.3, -0.25) is 0 Å². The monoisotopic (exact) mass is 778 g/mol. The maximum Gasteiger partial charge on any atom is 0.187 e. The van der Waals surface area contributed by atoms with Gasteiger partial charge in [-0.25, -0.2) is 4.85 Å². The normalized spacial score (nSPS) is 14.6. The topological polar surface area (TPSA) is 34.6 Å². The molecule has 4 heteroatoms. The van der Waals surface area contributed by atoms with Crippen LogP contribution in [0.4, 0.5) is 39.8 Å². The summed E-state index contributed by atoms with van der Waals surface area (Å²) in [6.45, 7) is 16.5. The van der Waals surface area contributed by atoms with E-state index in [1.165, 1.54) is 128 Å². The molecule has 4 nitrogen and oxygen atoms in total. The second kappa shape index (κ2) is 15.2. The van der Waals surface area contributed by atoms with E-state index in [4.69, 9.17) is 6.57 Å².